The Morgan fingerprint density at radius 2 is 2.04 bits per heavy atom. The van der Waals surface area contributed by atoms with Gasteiger partial charge >= 0.3 is 0 Å². The summed E-state index contributed by atoms with van der Waals surface area (Å²) in [6, 6.07) is 3.13. The van der Waals surface area contributed by atoms with Gasteiger partial charge in [-0.3, -0.25) is 14.6 Å². The highest BCUT2D eigenvalue weighted by atomic mass is 16.2. The monoisotopic (exact) mass is 341 g/mol. The van der Waals surface area contributed by atoms with Crippen LogP contribution in [-0.4, -0.2) is 40.3 Å². The van der Waals surface area contributed by atoms with E-state index in [1.54, 1.807) is 23.4 Å². The number of rotatable bonds is 4. The zero-order valence-corrected chi connectivity index (χ0v) is 15.5. The first-order valence-corrected chi connectivity index (χ1v) is 8.89. The van der Waals surface area contributed by atoms with Gasteiger partial charge in [0.25, 0.3) is 5.91 Å². The van der Waals surface area contributed by atoms with Gasteiger partial charge in [0.15, 0.2) is 0 Å². The number of carbonyl (C=O) groups is 2. The van der Waals surface area contributed by atoms with E-state index >= 15 is 0 Å². The van der Waals surface area contributed by atoms with Crippen LogP contribution in [0.5, 0.6) is 0 Å². The summed E-state index contributed by atoms with van der Waals surface area (Å²) in [6.07, 6.45) is 4.77. The molecule has 1 aromatic rings. The summed E-state index contributed by atoms with van der Waals surface area (Å²) in [6.45, 7) is 8.85. The van der Waals surface area contributed by atoms with Gasteiger partial charge in [-0.2, -0.15) is 0 Å². The summed E-state index contributed by atoms with van der Waals surface area (Å²) >= 11 is 0. The van der Waals surface area contributed by atoms with E-state index in [0.717, 1.165) is 6.42 Å². The van der Waals surface area contributed by atoms with Crippen LogP contribution in [0.2, 0.25) is 0 Å². The van der Waals surface area contributed by atoms with Crippen molar-refractivity contribution < 1.29 is 9.59 Å². The third-order valence-corrected chi connectivity index (χ3v) is 4.13. The maximum Gasteiger partial charge on any atom is 0.299 e. The molecule has 2 amide bonds. The number of nitrogens with zero attached hydrogens (tertiary/aromatic N) is 2. The van der Waals surface area contributed by atoms with Gasteiger partial charge in [0.1, 0.15) is 6.04 Å². The molecule has 134 valence electrons. The molecule has 1 aliphatic rings. The molecule has 0 radical (unpaired) electrons. The van der Waals surface area contributed by atoms with Crippen molar-refractivity contribution in [3.8, 4) is 11.8 Å². The number of aromatic nitrogens is 1. The van der Waals surface area contributed by atoms with Gasteiger partial charge in [0.05, 0.1) is 0 Å². The molecule has 5 nitrogen and oxygen atoms in total. The zero-order chi connectivity index (χ0) is 18.4. The normalized spacial score (nSPS) is 20.2. The van der Waals surface area contributed by atoms with E-state index in [1.165, 1.54) is 0 Å². The van der Waals surface area contributed by atoms with Crippen LogP contribution in [-0.2, 0) is 9.59 Å². The molecule has 0 aliphatic carbocycles. The fourth-order valence-electron chi connectivity index (χ4n) is 3.09. The lowest BCUT2D eigenvalue weighted by atomic mass is 9.95. The smallest absolute Gasteiger partial charge is 0.299 e. The van der Waals surface area contributed by atoms with Crippen molar-refractivity contribution in [1.29, 1.82) is 0 Å². The van der Waals surface area contributed by atoms with Crippen molar-refractivity contribution in [3.63, 3.8) is 0 Å². The standard InChI is InChI=1S/C20H27N3O2/c1-14(2)10-17-13-23(18(11-15(3)4)20(25)22-17)19(24)8-7-16-6-5-9-21-12-16/h5-6,9,12,14-15,17-18H,10-11,13H2,1-4H3,(H,22,25)/t17-,18-/m0/s1. The number of hydrogen-bond acceptors (Lipinski definition) is 3. The molecule has 0 bridgehead atoms. The number of piperazine rings is 1. The van der Waals surface area contributed by atoms with E-state index in [2.05, 4.69) is 49.8 Å². The largest absolute Gasteiger partial charge is 0.350 e. The molecule has 2 atom stereocenters. The van der Waals surface area contributed by atoms with Crippen molar-refractivity contribution in [3.05, 3.63) is 30.1 Å². The van der Waals surface area contributed by atoms with E-state index in [0.29, 0.717) is 30.4 Å². The molecular formula is C20H27N3O2. The summed E-state index contributed by atoms with van der Waals surface area (Å²) < 4.78 is 0. The first-order valence-electron chi connectivity index (χ1n) is 8.89. The van der Waals surface area contributed by atoms with Crippen molar-refractivity contribution in [2.24, 2.45) is 11.8 Å². The molecule has 2 heterocycles. The molecule has 1 saturated heterocycles. The Bertz CT molecular complexity index is 659. The van der Waals surface area contributed by atoms with Crippen LogP contribution >= 0.6 is 0 Å². The highest BCUT2D eigenvalue weighted by Crippen LogP contribution is 2.19. The van der Waals surface area contributed by atoms with Crippen LogP contribution in [0.25, 0.3) is 0 Å². The minimum atomic E-state index is -0.445. The Balaban J connectivity index is 2.19. The molecule has 1 fully saturated rings. The van der Waals surface area contributed by atoms with E-state index < -0.39 is 6.04 Å². The third kappa shape index (κ3) is 5.60. The predicted octanol–water partition coefficient (Wildman–Crippen LogP) is 2.22. The molecular weight excluding hydrogens is 314 g/mol. The van der Waals surface area contributed by atoms with Gasteiger partial charge < -0.3 is 10.2 Å². The number of carbonyl (C=O) groups excluding carboxylic acids is 2. The second-order valence-corrected chi connectivity index (χ2v) is 7.43. The molecule has 0 spiro atoms. The third-order valence-electron chi connectivity index (χ3n) is 4.13. The predicted molar refractivity (Wildman–Crippen MR) is 97.5 cm³/mol. The Labute approximate surface area is 150 Å². The number of hydrogen-bond donors (Lipinski definition) is 1. The fourth-order valence-corrected chi connectivity index (χ4v) is 3.09. The lowest BCUT2D eigenvalue weighted by Crippen LogP contribution is -2.61. The summed E-state index contributed by atoms with van der Waals surface area (Å²) in [5.74, 6) is 5.94. The Kier molecular flexibility index (Phi) is 6.58. The maximum absolute atomic E-state index is 12.7. The zero-order valence-electron chi connectivity index (χ0n) is 15.5. The molecule has 0 aromatic carbocycles. The van der Waals surface area contributed by atoms with Crippen LogP contribution in [0, 0.1) is 23.7 Å². The summed E-state index contributed by atoms with van der Waals surface area (Å²) in [4.78, 5) is 30.9. The van der Waals surface area contributed by atoms with Gasteiger partial charge in [-0.25, -0.2) is 0 Å². The van der Waals surface area contributed by atoms with E-state index in [1.807, 2.05) is 6.07 Å². The van der Waals surface area contributed by atoms with Crippen LogP contribution < -0.4 is 5.32 Å². The van der Waals surface area contributed by atoms with Gasteiger partial charge in [0, 0.05) is 36.5 Å². The van der Waals surface area contributed by atoms with Crippen molar-refractivity contribution in [1.82, 2.24) is 15.2 Å². The summed E-state index contributed by atoms with van der Waals surface area (Å²) in [7, 11) is 0. The first kappa shape index (κ1) is 19.0. The molecule has 1 aromatic heterocycles. The summed E-state index contributed by atoms with van der Waals surface area (Å²) in [5, 5.41) is 3.07. The van der Waals surface area contributed by atoms with E-state index in [-0.39, 0.29) is 17.9 Å². The molecule has 0 unspecified atom stereocenters. The van der Waals surface area contributed by atoms with Crippen LogP contribution in [0.1, 0.15) is 46.1 Å². The lowest BCUT2D eigenvalue weighted by molar-refractivity contribution is -0.142. The van der Waals surface area contributed by atoms with Crippen LogP contribution in [0.15, 0.2) is 24.5 Å². The van der Waals surface area contributed by atoms with Crippen LogP contribution in [0.3, 0.4) is 0 Å². The van der Waals surface area contributed by atoms with E-state index in [4.69, 9.17) is 0 Å². The second kappa shape index (κ2) is 8.66. The highest BCUT2D eigenvalue weighted by Gasteiger charge is 2.37. The number of nitrogens with one attached hydrogen (secondary N) is 1. The Morgan fingerprint density at radius 3 is 2.64 bits per heavy atom. The minimum absolute atomic E-state index is 0.0138. The Morgan fingerprint density at radius 1 is 1.32 bits per heavy atom. The minimum Gasteiger partial charge on any atom is -0.350 e. The number of pyridine rings is 1. The van der Waals surface area contributed by atoms with Crippen LogP contribution in [0.4, 0.5) is 0 Å². The topological polar surface area (TPSA) is 62.3 Å². The SMILES string of the molecule is CC(C)C[C@H]1CN(C(=O)C#Cc2cccnc2)[C@@H](CC(C)C)C(=O)N1. The van der Waals surface area contributed by atoms with Gasteiger partial charge in [-0.15, -0.1) is 0 Å². The van der Waals surface area contributed by atoms with Gasteiger partial charge in [0.2, 0.25) is 5.91 Å². The highest BCUT2D eigenvalue weighted by molar-refractivity contribution is 5.98. The van der Waals surface area contributed by atoms with Crippen molar-refractivity contribution in [2.45, 2.75) is 52.6 Å². The van der Waals surface area contributed by atoms with E-state index in [9.17, 15) is 9.59 Å². The van der Waals surface area contributed by atoms with Crippen molar-refractivity contribution >= 4 is 11.8 Å². The average Bonchev–Trinajstić information content (AvgIpc) is 2.55. The average molecular weight is 341 g/mol. The molecule has 2 rings (SSSR count). The van der Waals surface area contributed by atoms with Gasteiger partial charge in [-0.05, 0) is 36.8 Å². The fraction of sp³-hybridized carbons (Fsp3) is 0.550. The quantitative estimate of drug-likeness (QED) is 0.854. The first-order chi connectivity index (χ1) is 11.9. The van der Waals surface area contributed by atoms with Gasteiger partial charge in [-0.1, -0.05) is 33.6 Å². The van der Waals surface area contributed by atoms with Crippen molar-refractivity contribution in [2.75, 3.05) is 6.54 Å². The second-order valence-electron chi connectivity index (χ2n) is 7.43. The molecule has 1 N–H and O–H groups in total. The molecule has 0 saturated carbocycles. The molecule has 1 aliphatic heterocycles. The number of amides is 2. The summed E-state index contributed by atoms with van der Waals surface area (Å²) in [5.41, 5.74) is 0.691. The molecule has 25 heavy (non-hydrogen) atoms. The maximum atomic E-state index is 12.7. The lowest BCUT2D eigenvalue weighted by Gasteiger charge is -2.39. The molecule has 5 heteroatoms. The Hall–Kier alpha value is -2.35.